The Balaban J connectivity index is 1.77. The Bertz CT molecular complexity index is 382. The first-order chi connectivity index (χ1) is 9.17. The fourth-order valence-electron chi connectivity index (χ4n) is 2.31. The van der Waals surface area contributed by atoms with E-state index in [9.17, 15) is 0 Å². The van der Waals surface area contributed by atoms with E-state index in [0.29, 0.717) is 30.5 Å². The van der Waals surface area contributed by atoms with Gasteiger partial charge >= 0.3 is 6.01 Å². The number of hydrogen-bond donors (Lipinski definition) is 2. The first-order valence-electron chi connectivity index (χ1n) is 7.11. The Morgan fingerprint density at radius 1 is 1.37 bits per heavy atom. The molecule has 0 aliphatic heterocycles. The van der Waals surface area contributed by atoms with Crippen LogP contribution in [0.4, 0.5) is 6.01 Å². The lowest BCUT2D eigenvalue weighted by Gasteiger charge is -2.10. The highest BCUT2D eigenvalue weighted by molar-refractivity contribution is 7.99. The average Bonchev–Trinajstić information content (AvgIpc) is 2.98. The molecule has 1 saturated carbocycles. The van der Waals surface area contributed by atoms with Crippen LogP contribution < -0.4 is 10.6 Å². The minimum Gasteiger partial charge on any atom is -0.407 e. The minimum absolute atomic E-state index is 0.421. The molecule has 1 heterocycles. The van der Waals surface area contributed by atoms with Gasteiger partial charge in [0.2, 0.25) is 5.89 Å². The summed E-state index contributed by atoms with van der Waals surface area (Å²) in [6, 6.07) is 1.47. The van der Waals surface area contributed by atoms with Gasteiger partial charge in [0, 0.05) is 17.3 Å². The molecule has 19 heavy (non-hydrogen) atoms. The van der Waals surface area contributed by atoms with E-state index in [0.717, 1.165) is 5.25 Å². The Labute approximate surface area is 119 Å². The molecule has 2 unspecified atom stereocenters. The maximum absolute atomic E-state index is 5.59. The summed E-state index contributed by atoms with van der Waals surface area (Å²) in [5.41, 5.74) is 0. The van der Waals surface area contributed by atoms with Crippen molar-refractivity contribution >= 4 is 17.8 Å². The maximum atomic E-state index is 5.59. The van der Waals surface area contributed by atoms with Crippen molar-refractivity contribution in [3.8, 4) is 0 Å². The zero-order chi connectivity index (χ0) is 13.7. The van der Waals surface area contributed by atoms with Gasteiger partial charge < -0.3 is 15.1 Å². The van der Waals surface area contributed by atoms with Gasteiger partial charge in [-0.15, -0.1) is 5.10 Å². The van der Waals surface area contributed by atoms with E-state index in [4.69, 9.17) is 4.42 Å². The van der Waals surface area contributed by atoms with Crippen LogP contribution in [0.1, 0.15) is 45.9 Å². The number of nitrogens with one attached hydrogen (secondary N) is 2. The smallest absolute Gasteiger partial charge is 0.315 e. The third-order valence-corrected chi connectivity index (χ3v) is 4.48. The van der Waals surface area contributed by atoms with Gasteiger partial charge in [-0.2, -0.15) is 11.8 Å². The Kier molecular flexibility index (Phi) is 5.51. The number of nitrogens with zero attached hydrogens (tertiary/aromatic N) is 2. The SMILES string of the molecule is CCSC1CCC(Nc2nnc(CNC(C)C)o2)C1. The highest BCUT2D eigenvalue weighted by Gasteiger charge is 2.25. The molecule has 108 valence electrons. The van der Waals surface area contributed by atoms with E-state index in [1.807, 2.05) is 0 Å². The first-order valence-corrected chi connectivity index (χ1v) is 8.16. The van der Waals surface area contributed by atoms with Crippen molar-refractivity contribution in [1.29, 1.82) is 0 Å². The molecule has 0 radical (unpaired) electrons. The number of thioether (sulfide) groups is 1. The summed E-state index contributed by atoms with van der Waals surface area (Å²) >= 11 is 2.05. The molecule has 1 aliphatic carbocycles. The second kappa shape index (κ2) is 7.14. The van der Waals surface area contributed by atoms with Crippen LogP contribution in [0.15, 0.2) is 4.42 Å². The molecule has 1 fully saturated rings. The van der Waals surface area contributed by atoms with Crippen molar-refractivity contribution in [2.75, 3.05) is 11.1 Å². The largest absolute Gasteiger partial charge is 0.407 e. The van der Waals surface area contributed by atoms with E-state index in [1.54, 1.807) is 0 Å². The second-order valence-electron chi connectivity index (χ2n) is 5.27. The molecule has 2 rings (SSSR count). The molecule has 0 amide bonds. The predicted molar refractivity (Wildman–Crippen MR) is 79.5 cm³/mol. The highest BCUT2D eigenvalue weighted by atomic mass is 32.2. The van der Waals surface area contributed by atoms with Crippen molar-refractivity contribution in [3.63, 3.8) is 0 Å². The standard InChI is InChI=1S/C13H24N4OS/c1-4-19-11-6-5-10(7-11)15-13-17-16-12(18-13)8-14-9(2)3/h9-11,14H,4-8H2,1-3H3,(H,15,17). The van der Waals surface area contributed by atoms with Crippen LogP contribution in [0, 0.1) is 0 Å². The van der Waals surface area contributed by atoms with Gasteiger partial charge in [-0.05, 0) is 25.0 Å². The van der Waals surface area contributed by atoms with E-state index >= 15 is 0 Å². The molecular formula is C13H24N4OS. The fourth-order valence-corrected chi connectivity index (χ4v) is 3.45. The molecule has 1 aromatic heterocycles. The predicted octanol–water partition coefficient (Wildman–Crippen LogP) is 2.65. The van der Waals surface area contributed by atoms with Crippen LogP contribution in [0.3, 0.4) is 0 Å². The third-order valence-electron chi connectivity index (χ3n) is 3.24. The van der Waals surface area contributed by atoms with Crippen LogP contribution >= 0.6 is 11.8 Å². The summed E-state index contributed by atoms with van der Waals surface area (Å²) in [5.74, 6) is 1.84. The molecule has 6 heteroatoms. The van der Waals surface area contributed by atoms with E-state index in [1.165, 1.54) is 25.0 Å². The van der Waals surface area contributed by atoms with E-state index in [2.05, 4.69) is 53.4 Å². The third kappa shape index (κ3) is 4.69. The van der Waals surface area contributed by atoms with Crippen LogP contribution in [-0.4, -0.2) is 33.3 Å². The molecule has 5 nitrogen and oxygen atoms in total. The van der Waals surface area contributed by atoms with Crippen LogP contribution in [0.5, 0.6) is 0 Å². The molecule has 0 spiro atoms. The number of aromatic nitrogens is 2. The second-order valence-corrected chi connectivity index (χ2v) is 6.85. The lowest BCUT2D eigenvalue weighted by molar-refractivity contribution is 0.455. The molecule has 0 aromatic carbocycles. The lowest BCUT2D eigenvalue weighted by Crippen LogP contribution is -2.21. The minimum atomic E-state index is 0.421. The van der Waals surface area contributed by atoms with Gasteiger partial charge in [0.15, 0.2) is 0 Å². The van der Waals surface area contributed by atoms with Crippen LogP contribution in [-0.2, 0) is 6.54 Å². The fraction of sp³-hybridized carbons (Fsp3) is 0.846. The normalized spacial score (nSPS) is 23.2. The van der Waals surface area contributed by atoms with Crippen molar-refractivity contribution < 1.29 is 4.42 Å². The molecule has 2 N–H and O–H groups in total. The highest BCUT2D eigenvalue weighted by Crippen LogP contribution is 2.31. The van der Waals surface area contributed by atoms with Crippen LogP contribution in [0.2, 0.25) is 0 Å². The van der Waals surface area contributed by atoms with Gasteiger partial charge in [-0.3, -0.25) is 0 Å². The molecule has 1 aromatic rings. The number of hydrogen-bond acceptors (Lipinski definition) is 6. The number of rotatable bonds is 7. The Hall–Kier alpha value is -0.750. The topological polar surface area (TPSA) is 63.0 Å². The molecular weight excluding hydrogens is 260 g/mol. The van der Waals surface area contributed by atoms with Crippen molar-refractivity contribution in [3.05, 3.63) is 5.89 Å². The van der Waals surface area contributed by atoms with Gasteiger partial charge in [0.1, 0.15) is 0 Å². The molecule has 1 aliphatic rings. The average molecular weight is 284 g/mol. The Morgan fingerprint density at radius 2 is 2.21 bits per heavy atom. The monoisotopic (exact) mass is 284 g/mol. The van der Waals surface area contributed by atoms with Crippen molar-refractivity contribution in [2.45, 2.75) is 63.9 Å². The zero-order valence-electron chi connectivity index (χ0n) is 12.0. The van der Waals surface area contributed by atoms with E-state index in [-0.39, 0.29) is 0 Å². The molecule has 0 bridgehead atoms. The summed E-state index contributed by atoms with van der Waals surface area (Å²) in [5, 5.41) is 15.5. The van der Waals surface area contributed by atoms with Gasteiger partial charge in [0.05, 0.1) is 6.54 Å². The van der Waals surface area contributed by atoms with E-state index < -0.39 is 0 Å². The zero-order valence-corrected chi connectivity index (χ0v) is 12.8. The van der Waals surface area contributed by atoms with Crippen molar-refractivity contribution in [2.24, 2.45) is 0 Å². The maximum Gasteiger partial charge on any atom is 0.315 e. The summed E-state index contributed by atoms with van der Waals surface area (Å²) in [6.07, 6.45) is 3.67. The summed E-state index contributed by atoms with van der Waals surface area (Å²) < 4.78 is 5.59. The molecule has 0 saturated heterocycles. The lowest BCUT2D eigenvalue weighted by atomic mass is 10.3. The number of anilines is 1. The summed E-state index contributed by atoms with van der Waals surface area (Å²) in [6.45, 7) is 7.04. The van der Waals surface area contributed by atoms with Gasteiger partial charge in [0.25, 0.3) is 0 Å². The molecule has 2 atom stereocenters. The van der Waals surface area contributed by atoms with Crippen LogP contribution in [0.25, 0.3) is 0 Å². The quantitative estimate of drug-likeness (QED) is 0.802. The first kappa shape index (κ1) is 14.7. The Morgan fingerprint density at radius 3 is 2.95 bits per heavy atom. The summed E-state index contributed by atoms with van der Waals surface area (Å²) in [7, 11) is 0. The van der Waals surface area contributed by atoms with Crippen molar-refractivity contribution in [1.82, 2.24) is 15.5 Å². The summed E-state index contributed by atoms with van der Waals surface area (Å²) in [4.78, 5) is 0. The van der Waals surface area contributed by atoms with Gasteiger partial charge in [-0.25, -0.2) is 0 Å². The van der Waals surface area contributed by atoms with Gasteiger partial charge in [-0.1, -0.05) is 25.9 Å².